The molecule has 3 aliphatic rings. The van der Waals surface area contributed by atoms with Crippen molar-refractivity contribution in [2.75, 3.05) is 11.1 Å². The number of nitrogens with one attached hydrogen (secondary N) is 2. The third-order valence-electron chi connectivity index (χ3n) is 6.84. The van der Waals surface area contributed by atoms with E-state index in [-0.39, 0.29) is 0 Å². The van der Waals surface area contributed by atoms with Gasteiger partial charge in [-0.05, 0) is 72.3 Å². The van der Waals surface area contributed by atoms with Crippen molar-refractivity contribution in [1.82, 2.24) is 15.2 Å². The minimum absolute atomic E-state index is 0.324. The van der Waals surface area contributed by atoms with Crippen LogP contribution >= 0.6 is 0 Å². The van der Waals surface area contributed by atoms with Gasteiger partial charge in [0.05, 0.1) is 17.8 Å². The van der Waals surface area contributed by atoms with Crippen LogP contribution in [-0.2, 0) is 0 Å². The summed E-state index contributed by atoms with van der Waals surface area (Å²) in [6.07, 6.45) is 8.06. The number of nitrogens with two attached hydrogens (primary N) is 1. The van der Waals surface area contributed by atoms with Crippen LogP contribution in [0.4, 0.5) is 11.5 Å². The van der Waals surface area contributed by atoms with Gasteiger partial charge >= 0.3 is 0 Å². The lowest BCUT2D eigenvalue weighted by Gasteiger charge is -2.43. The molecule has 6 rings (SSSR count). The van der Waals surface area contributed by atoms with E-state index >= 15 is 0 Å². The fraction of sp³-hybridized carbons (Fsp3) is 0.400. The van der Waals surface area contributed by atoms with Crippen molar-refractivity contribution in [3.05, 3.63) is 47.8 Å². The smallest absolute Gasteiger partial charge is 0.123 e. The SMILES string of the molecule is Nc1ccc([C@@H]2Nc3ccc4[nH]ncc4c3[C@H]3C4CCC(C4)[C@@H]23)cn1. The summed E-state index contributed by atoms with van der Waals surface area (Å²) in [5, 5.41) is 12.6. The van der Waals surface area contributed by atoms with Crippen LogP contribution in [0.15, 0.2) is 36.7 Å². The Morgan fingerprint density at radius 1 is 1.04 bits per heavy atom. The lowest BCUT2D eigenvalue weighted by atomic mass is 9.67. The summed E-state index contributed by atoms with van der Waals surface area (Å²) in [4.78, 5) is 4.35. The van der Waals surface area contributed by atoms with Gasteiger partial charge in [0.2, 0.25) is 0 Å². The summed E-state index contributed by atoms with van der Waals surface area (Å²) >= 11 is 0. The van der Waals surface area contributed by atoms with Crippen molar-refractivity contribution in [3.8, 4) is 0 Å². The lowest BCUT2D eigenvalue weighted by Crippen LogP contribution is -2.35. The molecule has 1 aliphatic heterocycles. The molecular formula is C20H21N5. The van der Waals surface area contributed by atoms with Gasteiger partial charge in [0.15, 0.2) is 0 Å². The number of hydrogen-bond acceptors (Lipinski definition) is 4. The van der Waals surface area contributed by atoms with Gasteiger partial charge in [-0.25, -0.2) is 4.98 Å². The third kappa shape index (κ3) is 1.78. The van der Waals surface area contributed by atoms with E-state index in [4.69, 9.17) is 5.73 Å². The number of nitrogen functional groups attached to an aromatic ring is 1. The first-order valence-corrected chi connectivity index (χ1v) is 9.23. The van der Waals surface area contributed by atoms with E-state index in [1.807, 2.05) is 18.5 Å². The standard InChI is InChI=1S/C20H21N5/c21-16-6-3-12(8-22-16)20-18-11-2-1-10(7-11)17(18)19-13-9-23-25-14(13)4-5-15(19)24-20/h3-6,8-11,17-18,20,24H,1-2,7H2,(H2,21,22)(H,23,25)/t10?,11?,17-,18+,20-/m0/s1. The van der Waals surface area contributed by atoms with E-state index < -0.39 is 0 Å². The van der Waals surface area contributed by atoms with E-state index in [0.29, 0.717) is 23.7 Å². The average molecular weight is 331 g/mol. The molecule has 5 atom stereocenters. The molecule has 2 fully saturated rings. The van der Waals surface area contributed by atoms with Crippen LogP contribution < -0.4 is 11.1 Å². The summed E-state index contributed by atoms with van der Waals surface area (Å²) in [6.45, 7) is 0. The molecule has 1 aromatic carbocycles. The molecule has 126 valence electrons. The van der Waals surface area contributed by atoms with E-state index in [1.54, 1.807) is 0 Å². The molecule has 5 heteroatoms. The maximum atomic E-state index is 5.81. The summed E-state index contributed by atoms with van der Waals surface area (Å²) in [5.74, 6) is 3.46. The number of rotatable bonds is 1. The molecule has 0 radical (unpaired) electrons. The Balaban J connectivity index is 1.55. The Labute approximate surface area is 146 Å². The Hall–Kier alpha value is -2.56. The van der Waals surface area contributed by atoms with E-state index in [2.05, 4.69) is 38.7 Å². The topological polar surface area (TPSA) is 79.6 Å². The molecular weight excluding hydrogens is 310 g/mol. The number of pyridine rings is 1. The van der Waals surface area contributed by atoms with Crippen molar-refractivity contribution in [2.24, 2.45) is 17.8 Å². The van der Waals surface area contributed by atoms with Crippen LogP contribution in [0.5, 0.6) is 0 Å². The summed E-state index contributed by atoms with van der Waals surface area (Å²) in [6, 6.07) is 8.75. The highest BCUT2D eigenvalue weighted by Crippen LogP contribution is 2.64. The van der Waals surface area contributed by atoms with Gasteiger partial charge in [-0.2, -0.15) is 5.10 Å². The fourth-order valence-corrected chi connectivity index (χ4v) is 5.94. The Morgan fingerprint density at radius 3 is 2.84 bits per heavy atom. The monoisotopic (exact) mass is 331 g/mol. The number of anilines is 2. The molecule has 3 aromatic rings. The number of fused-ring (bicyclic) bond motifs is 9. The molecule has 0 amide bonds. The zero-order chi connectivity index (χ0) is 16.5. The van der Waals surface area contributed by atoms with Gasteiger partial charge in [0, 0.05) is 17.3 Å². The zero-order valence-corrected chi connectivity index (χ0v) is 13.9. The van der Waals surface area contributed by atoms with Crippen LogP contribution in [-0.4, -0.2) is 15.2 Å². The first kappa shape index (κ1) is 13.7. The van der Waals surface area contributed by atoms with Gasteiger partial charge in [-0.3, -0.25) is 5.10 Å². The van der Waals surface area contributed by atoms with E-state index in [0.717, 1.165) is 17.4 Å². The Bertz CT molecular complexity index is 960. The minimum atomic E-state index is 0.324. The number of nitrogens with zero attached hydrogens (tertiary/aromatic N) is 2. The summed E-state index contributed by atoms with van der Waals surface area (Å²) in [7, 11) is 0. The van der Waals surface area contributed by atoms with Crippen LogP contribution in [0.3, 0.4) is 0 Å². The number of aromatic amines is 1. The van der Waals surface area contributed by atoms with Crippen molar-refractivity contribution in [3.63, 3.8) is 0 Å². The minimum Gasteiger partial charge on any atom is -0.384 e. The molecule has 5 nitrogen and oxygen atoms in total. The van der Waals surface area contributed by atoms with Gasteiger partial charge in [-0.1, -0.05) is 6.07 Å². The average Bonchev–Trinajstić information content (AvgIpc) is 3.37. The van der Waals surface area contributed by atoms with Crippen LogP contribution in [0, 0.1) is 17.8 Å². The zero-order valence-electron chi connectivity index (χ0n) is 13.9. The molecule has 3 heterocycles. The fourth-order valence-electron chi connectivity index (χ4n) is 5.94. The highest BCUT2D eigenvalue weighted by molar-refractivity contribution is 5.88. The summed E-state index contributed by atoms with van der Waals surface area (Å²) < 4.78 is 0. The second-order valence-electron chi connectivity index (χ2n) is 7.93. The molecule has 2 bridgehead atoms. The van der Waals surface area contributed by atoms with Crippen molar-refractivity contribution >= 4 is 22.4 Å². The van der Waals surface area contributed by atoms with Crippen molar-refractivity contribution < 1.29 is 0 Å². The molecule has 4 N–H and O–H groups in total. The van der Waals surface area contributed by atoms with Crippen LogP contribution in [0.25, 0.3) is 10.9 Å². The maximum absolute atomic E-state index is 5.81. The summed E-state index contributed by atoms with van der Waals surface area (Å²) in [5.41, 5.74) is 11.0. The third-order valence-corrected chi connectivity index (χ3v) is 6.84. The second-order valence-corrected chi connectivity index (χ2v) is 7.93. The molecule has 2 aromatic heterocycles. The van der Waals surface area contributed by atoms with Crippen LogP contribution in [0.2, 0.25) is 0 Å². The number of benzene rings is 1. The Kier molecular flexibility index (Phi) is 2.60. The van der Waals surface area contributed by atoms with Gasteiger partial charge < -0.3 is 11.1 Å². The number of aromatic nitrogens is 3. The van der Waals surface area contributed by atoms with E-state index in [9.17, 15) is 0 Å². The normalized spacial score (nSPS) is 32.4. The number of H-pyrrole nitrogens is 1. The highest BCUT2D eigenvalue weighted by atomic mass is 15.1. The van der Waals surface area contributed by atoms with Gasteiger partial charge in [-0.15, -0.1) is 0 Å². The molecule has 2 saturated carbocycles. The highest BCUT2D eigenvalue weighted by Gasteiger charge is 2.54. The molecule has 0 spiro atoms. The number of hydrogen-bond donors (Lipinski definition) is 3. The van der Waals surface area contributed by atoms with Crippen molar-refractivity contribution in [2.45, 2.75) is 31.2 Å². The van der Waals surface area contributed by atoms with Gasteiger partial charge in [0.25, 0.3) is 0 Å². The molecule has 25 heavy (non-hydrogen) atoms. The first-order chi connectivity index (χ1) is 12.3. The van der Waals surface area contributed by atoms with Crippen molar-refractivity contribution in [1.29, 1.82) is 0 Å². The molecule has 0 saturated heterocycles. The largest absolute Gasteiger partial charge is 0.384 e. The predicted molar refractivity (Wildman–Crippen MR) is 98.2 cm³/mol. The second kappa shape index (κ2) is 4.75. The lowest BCUT2D eigenvalue weighted by molar-refractivity contribution is 0.248. The maximum Gasteiger partial charge on any atom is 0.123 e. The van der Waals surface area contributed by atoms with Crippen LogP contribution in [0.1, 0.15) is 42.3 Å². The first-order valence-electron chi connectivity index (χ1n) is 9.23. The Morgan fingerprint density at radius 2 is 1.96 bits per heavy atom. The predicted octanol–water partition coefficient (Wildman–Crippen LogP) is 3.84. The van der Waals surface area contributed by atoms with Gasteiger partial charge in [0.1, 0.15) is 5.82 Å². The molecule has 2 aliphatic carbocycles. The van der Waals surface area contributed by atoms with E-state index in [1.165, 1.54) is 41.5 Å². The quantitative estimate of drug-likeness (QED) is 0.633. The molecule has 2 unspecified atom stereocenters.